The normalized spacial score (nSPS) is 12.2. The lowest BCUT2D eigenvalue weighted by Gasteiger charge is -2.17. The molecule has 25 heavy (non-hydrogen) atoms. The van der Waals surface area contributed by atoms with Gasteiger partial charge >= 0.3 is 0 Å². The highest BCUT2D eigenvalue weighted by Crippen LogP contribution is 2.21. The Morgan fingerprint density at radius 3 is 2.68 bits per heavy atom. The summed E-state index contributed by atoms with van der Waals surface area (Å²) in [7, 11) is 0. The molecule has 0 unspecified atom stereocenters. The predicted molar refractivity (Wildman–Crippen MR) is 95.2 cm³/mol. The molecule has 0 radical (unpaired) electrons. The molecule has 0 saturated heterocycles. The van der Waals surface area contributed by atoms with E-state index in [0.717, 1.165) is 16.8 Å². The fourth-order valence-corrected chi connectivity index (χ4v) is 2.86. The fourth-order valence-electron chi connectivity index (χ4n) is 2.86. The first-order chi connectivity index (χ1) is 12.3. The zero-order valence-electron chi connectivity index (χ0n) is 13.5. The fraction of sp³-hybridized carbons (Fsp3) is 0.100. The number of carbonyl (C=O) groups is 1. The van der Waals surface area contributed by atoms with Crippen molar-refractivity contribution in [3.63, 3.8) is 0 Å². The summed E-state index contributed by atoms with van der Waals surface area (Å²) in [6.45, 7) is 0. The lowest BCUT2D eigenvalue weighted by Crippen LogP contribution is -2.30. The highest BCUT2D eigenvalue weighted by molar-refractivity contribution is 5.96. The van der Waals surface area contributed by atoms with E-state index in [1.54, 1.807) is 18.5 Å². The Kier molecular flexibility index (Phi) is 4.04. The highest BCUT2D eigenvalue weighted by atomic mass is 16.3. The number of aromatic nitrogens is 2. The van der Waals surface area contributed by atoms with Gasteiger partial charge in [-0.1, -0.05) is 48.5 Å². The first kappa shape index (κ1) is 15.2. The zero-order valence-corrected chi connectivity index (χ0v) is 13.5. The van der Waals surface area contributed by atoms with E-state index in [2.05, 4.69) is 15.3 Å². The van der Waals surface area contributed by atoms with Crippen molar-refractivity contribution in [1.29, 1.82) is 0 Å². The number of hydrogen-bond donors (Lipinski definition) is 2. The van der Waals surface area contributed by atoms with Crippen molar-refractivity contribution < 1.29 is 9.21 Å². The Morgan fingerprint density at radius 1 is 1.12 bits per heavy atom. The molecule has 0 bridgehead atoms. The maximum absolute atomic E-state index is 12.7. The largest absolute Gasteiger partial charge is 0.451 e. The number of nitrogens with one attached hydrogen (secondary N) is 2. The summed E-state index contributed by atoms with van der Waals surface area (Å²) < 4.78 is 5.67. The summed E-state index contributed by atoms with van der Waals surface area (Å²) in [6.07, 6.45) is 4.06. The quantitative estimate of drug-likeness (QED) is 0.583. The highest BCUT2D eigenvalue weighted by Gasteiger charge is 2.19. The van der Waals surface area contributed by atoms with Crippen molar-refractivity contribution >= 4 is 16.9 Å². The van der Waals surface area contributed by atoms with Crippen LogP contribution in [0.4, 0.5) is 0 Å². The van der Waals surface area contributed by atoms with Crippen molar-refractivity contribution in [1.82, 2.24) is 15.3 Å². The molecule has 0 fully saturated rings. The van der Waals surface area contributed by atoms with Crippen LogP contribution in [0, 0.1) is 0 Å². The standard InChI is InChI=1S/C20H17N3O2/c24-20(18-12-15-8-4-5-9-17(15)25-18)23-16(13-19-21-10-11-22-19)14-6-2-1-3-7-14/h1-12,16H,13H2,(H,21,22)(H,23,24)/t16-/m1/s1. The minimum absolute atomic E-state index is 0.201. The molecule has 4 rings (SSSR count). The number of furan rings is 1. The predicted octanol–water partition coefficient (Wildman–Crippen LogP) is 3.87. The van der Waals surface area contributed by atoms with Crippen molar-refractivity contribution in [3.05, 3.63) is 90.2 Å². The summed E-state index contributed by atoms with van der Waals surface area (Å²) in [6, 6.07) is 19.0. The van der Waals surface area contributed by atoms with Crippen LogP contribution in [0.1, 0.15) is 28.0 Å². The summed E-state index contributed by atoms with van der Waals surface area (Å²) in [5.74, 6) is 0.886. The van der Waals surface area contributed by atoms with Gasteiger partial charge in [-0.2, -0.15) is 0 Å². The molecule has 0 aliphatic rings. The Balaban J connectivity index is 1.60. The second kappa shape index (κ2) is 6.65. The van der Waals surface area contributed by atoms with E-state index in [1.165, 1.54) is 0 Å². The summed E-state index contributed by atoms with van der Waals surface area (Å²) in [5, 5.41) is 3.97. The number of nitrogens with zero attached hydrogens (tertiary/aromatic N) is 1. The minimum atomic E-state index is -0.239. The molecule has 5 nitrogen and oxygen atoms in total. The first-order valence-electron chi connectivity index (χ1n) is 8.12. The summed E-state index contributed by atoms with van der Waals surface area (Å²) >= 11 is 0. The number of H-pyrrole nitrogens is 1. The van der Waals surface area contributed by atoms with Crippen molar-refractivity contribution in [2.24, 2.45) is 0 Å². The van der Waals surface area contributed by atoms with Crippen molar-refractivity contribution in [3.8, 4) is 0 Å². The Labute approximate surface area is 144 Å². The maximum Gasteiger partial charge on any atom is 0.287 e. The smallest absolute Gasteiger partial charge is 0.287 e. The monoisotopic (exact) mass is 331 g/mol. The summed E-state index contributed by atoms with van der Waals surface area (Å²) in [5.41, 5.74) is 1.72. The van der Waals surface area contributed by atoms with E-state index in [0.29, 0.717) is 17.8 Å². The van der Waals surface area contributed by atoms with Gasteiger partial charge < -0.3 is 14.7 Å². The van der Waals surface area contributed by atoms with Crippen LogP contribution in [0.25, 0.3) is 11.0 Å². The molecule has 4 aromatic rings. The molecule has 0 spiro atoms. The third-order valence-corrected chi connectivity index (χ3v) is 4.11. The van der Waals surface area contributed by atoms with Crippen LogP contribution in [0.2, 0.25) is 0 Å². The van der Waals surface area contributed by atoms with Gasteiger partial charge in [-0.25, -0.2) is 4.98 Å². The number of rotatable bonds is 5. The second-order valence-electron chi connectivity index (χ2n) is 5.83. The van der Waals surface area contributed by atoms with Gasteiger partial charge in [0.05, 0.1) is 6.04 Å². The van der Waals surface area contributed by atoms with Crippen LogP contribution in [0.15, 0.2) is 77.5 Å². The molecule has 2 heterocycles. The lowest BCUT2D eigenvalue weighted by atomic mass is 10.0. The van der Waals surface area contributed by atoms with E-state index in [4.69, 9.17) is 4.42 Å². The van der Waals surface area contributed by atoms with Crippen LogP contribution in [-0.4, -0.2) is 15.9 Å². The maximum atomic E-state index is 12.7. The number of carbonyl (C=O) groups excluding carboxylic acids is 1. The second-order valence-corrected chi connectivity index (χ2v) is 5.83. The van der Waals surface area contributed by atoms with Crippen molar-refractivity contribution in [2.75, 3.05) is 0 Å². The number of imidazole rings is 1. The Hall–Kier alpha value is -3.34. The van der Waals surface area contributed by atoms with Gasteiger partial charge in [0.25, 0.3) is 5.91 Å². The molecule has 1 atom stereocenters. The zero-order chi connectivity index (χ0) is 17.1. The van der Waals surface area contributed by atoms with E-state index in [1.807, 2.05) is 54.6 Å². The molecule has 5 heteroatoms. The Morgan fingerprint density at radius 2 is 1.92 bits per heavy atom. The molecule has 2 aromatic carbocycles. The molecule has 0 aliphatic carbocycles. The third kappa shape index (κ3) is 3.30. The lowest BCUT2D eigenvalue weighted by molar-refractivity contribution is 0.0910. The number of para-hydroxylation sites is 1. The SMILES string of the molecule is O=C(N[C@H](Cc1ncc[nH]1)c1ccccc1)c1cc2ccccc2o1. The van der Waals surface area contributed by atoms with Gasteiger partial charge in [0.1, 0.15) is 11.4 Å². The van der Waals surface area contributed by atoms with Gasteiger partial charge in [-0.3, -0.25) is 4.79 Å². The average Bonchev–Trinajstić information content (AvgIpc) is 3.31. The van der Waals surface area contributed by atoms with E-state index >= 15 is 0 Å². The van der Waals surface area contributed by atoms with Crippen LogP contribution in [-0.2, 0) is 6.42 Å². The average molecular weight is 331 g/mol. The van der Waals surface area contributed by atoms with Crippen LogP contribution in [0.3, 0.4) is 0 Å². The van der Waals surface area contributed by atoms with E-state index < -0.39 is 0 Å². The first-order valence-corrected chi connectivity index (χ1v) is 8.12. The molecular formula is C20H17N3O2. The molecule has 1 amide bonds. The molecular weight excluding hydrogens is 314 g/mol. The number of fused-ring (bicyclic) bond motifs is 1. The van der Waals surface area contributed by atoms with Crippen LogP contribution in [0.5, 0.6) is 0 Å². The van der Waals surface area contributed by atoms with Gasteiger partial charge in [0.2, 0.25) is 0 Å². The van der Waals surface area contributed by atoms with Crippen LogP contribution < -0.4 is 5.32 Å². The van der Waals surface area contributed by atoms with E-state index in [9.17, 15) is 4.79 Å². The van der Waals surface area contributed by atoms with Crippen molar-refractivity contribution in [2.45, 2.75) is 12.5 Å². The number of benzene rings is 2. The van der Waals surface area contributed by atoms with Gasteiger partial charge in [-0.05, 0) is 17.7 Å². The molecule has 2 aromatic heterocycles. The topological polar surface area (TPSA) is 70.9 Å². The van der Waals surface area contributed by atoms with Gasteiger partial charge in [-0.15, -0.1) is 0 Å². The van der Waals surface area contributed by atoms with Gasteiger partial charge in [0.15, 0.2) is 5.76 Å². The molecule has 0 aliphatic heterocycles. The molecule has 2 N–H and O–H groups in total. The Bertz CT molecular complexity index is 942. The molecule has 124 valence electrons. The number of hydrogen-bond acceptors (Lipinski definition) is 3. The summed E-state index contributed by atoms with van der Waals surface area (Å²) in [4.78, 5) is 20.0. The van der Waals surface area contributed by atoms with E-state index in [-0.39, 0.29) is 11.9 Å². The third-order valence-electron chi connectivity index (χ3n) is 4.11. The van der Waals surface area contributed by atoms with Gasteiger partial charge in [0, 0.05) is 24.2 Å². The number of amides is 1. The minimum Gasteiger partial charge on any atom is -0.451 e. The van der Waals surface area contributed by atoms with Crippen LogP contribution >= 0.6 is 0 Å². The molecule has 0 saturated carbocycles. The number of aromatic amines is 1.